The van der Waals surface area contributed by atoms with Gasteiger partial charge >= 0.3 is 0 Å². The molecule has 3 rings (SSSR count). The number of aromatic nitrogens is 1. The molecule has 0 aliphatic rings. The molecule has 0 radical (unpaired) electrons. The zero-order chi connectivity index (χ0) is 14.5. The number of pyridine rings is 1. The van der Waals surface area contributed by atoms with Gasteiger partial charge in [-0.3, -0.25) is 4.98 Å². The van der Waals surface area contributed by atoms with Gasteiger partial charge in [0.2, 0.25) is 0 Å². The van der Waals surface area contributed by atoms with Gasteiger partial charge in [0.25, 0.3) is 0 Å². The highest BCUT2D eigenvalue weighted by atomic mass is 14.8. The first-order chi connectivity index (χ1) is 10.3. The van der Waals surface area contributed by atoms with Gasteiger partial charge in [0.1, 0.15) is 0 Å². The summed E-state index contributed by atoms with van der Waals surface area (Å²) in [6.45, 7) is 3.92. The maximum atomic E-state index is 4.53. The van der Waals surface area contributed by atoms with Gasteiger partial charge in [0, 0.05) is 17.6 Å². The van der Waals surface area contributed by atoms with Crippen LogP contribution in [0.25, 0.3) is 10.9 Å². The smallest absolute Gasteiger partial charge is 0.0705 e. The van der Waals surface area contributed by atoms with E-state index >= 15 is 0 Å². The minimum Gasteiger partial charge on any atom is -0.312 e. The molecule has 3 aromatic rings. The Morgan fingerprint density at radius 3 is 2.62 bits per heavy atom. The zero-order valence-electron chi connectivity index (χ0n) is 12.3. The number of nitrogens with zero attached hydrogens (tertiary/aromatic N) is 1. The van der Waals surface area contributed by atoms with Gasteiger partial charge in [-0.15, -0.1) is 0 Å². The average Bonchev–Trinajstić information content (AvgIpc) is 2.52. The molecule has 0 aliphatic heterocycles. The standard InChI is InChI=1S/C19H20N2/c1-15-7-9-18-13-17(8-10-19(18)21-15)14-20-12-11-16-5-3-2-4-6-16/h2-10,13,20H,11-12,14H2,1H3. The Morgan fingerprint density at radius 1 is 0.905 bits per heavy atom. The van der Waals surface area contributed by atoms with Gasteiger partial charge in [-0.1, -0.05) is 42.5 Å². The first kappa shape index (κ1) is 13.8. The summed E-state index contributed by atoms with van der Waals surface area (Å²) in [5, 5.41) is 4.72. The third-order valence-corrected chi connectivity index (χ3v) is 3.66. The second-order valence-electron chi connectivity index (χ2n) is 5.39. The fourth-order valence-corrected chi connectivity index (χ4v) is 2.50. The van der Waals surface area contributed by atoms with Crippen molar-refractivity contribution >= 4 is 10.9 Å². The molecule has 2 aromatic carbocycles. The molecule has 0 unspecified atom stereocenters. The van der Waals surface area contributed by atoms with Gasteiger partial charge in [-0.25, -0.2) is 0 Å². The van der Waals surface area contributed by atoms with Crippen LogP contribution in [0.5, 0.6) is 0 Å². The van der Waals surface area contributed by atoms with Crippen LogP contribution in [0.15, 0.2) is 60.7 Å². The second-order valence-corrected chi connectivity index (χ2v) is 5.39. The van der Waals surface area contributed by atoms with Crippen molar-refractivity contribution in [3.05, 3.63) is 77.5 Å². The summed E-state index contributed by atoms with van der Waals surface area (Å²) in [6, 6.07) is 21.3. The largest absolute Gasteiger partial charge is 0.312 e. The highest BCUT2D eigenvalue weighted by Crippen LogP contribution is 2.14. The molecule has 1 N–H and O–H groups in total. The van der Waals surface area contributed by atoms with E-state index in [2.05, 4.69) is 71.0 Å². The number of aryl methyl sites for hydroxylation is 1. The monoisotopic (exact) mass is 276 g/mol. The van der Waals surface area contributed by atoms with Crippen LogP contribution in [-0.4, -0.2) is 11.5 Å². The predicted molar refractivity (Wildman–Crippen MR) is 88.3 cm³/mol. The van der Waals surface area contributed by atoms with E-state index in [1.165, 1.54) is 16.5 Å². The van der Waals surface area contributed by atoms with Crippen LogP contribution in [0.2, 0.25) is 0 Å². The third kappa shape index (κ3) is 3.67. The van der Waals surface area contributed by atoms with Crippen molar-refractivity contribution in [3.63, 3.8) is 0 Å². The number of fused-ring (bicyclic) bond motifs is 1. The quantitative estimate of drug-likeness (QED) is 0.715. The predicted octanol–water partition coefficient (Wildman–Crippen LogP) is 3.88. The van der Waals surface area contributed by atoms with E-state index < -0.39 is 0 Å². The Hall–Kier alpha value is -2.19. The average molecular weight is 276 g/mol. The molecule has 1 heterocycles. The maximum absolute atomic E-state index is 4.53. The lowest BCUT2D eigenvalue weighted by Crippen LogP contribution is -2.16. The van der Waals surface area contributed by atoms with Crippen molar-refractivity contribution in [3.8, 4) is 0 Å². The SMILES string of the molecule is Cc1ccc2cc(CNCCc3ccccc3)ccc2n1. The Morgan fingerprint density at radius 2 is 1.76 bits per heavy atom. The molecule has 0 fully saturated rings. The Labute approximate surface area is 125 Å². The molecule has 0 atom stereocenters. The molecular weight excluding hydrogens is 256 g/mol. The zero-order valence-corrected chi connectivity index (χ0v) is 12.3. The second kappa shape index (κ2) is 6.51. The summed E-state index contributed by atoms with van der Waals surface area (Å²) >= 11 is 0. The minimum absolute atomic E-state index is 0.899. The van der Waals surface area contributed by atoms with Crippen LogP contribution in [0.4, 0.5) is 0 Å². The molecule has 2 nitrogen and oxygen atoms in total. The van der Waals surface area contributed by atoms with Gasteiger partial charge in [-0.05, 0) is 49.2 Å². The van der Waals surface area contributed by atoms with Gasteiger partial charge < -0.3 is 5.32 Å². The van der Waals surface area contributed by atoms with Crippen molar-refractivity contribution in [2.45, 2.75) is 19.9 Å². The first-order valence-corrected chi connectivity index (χ1v) is 7.42. The van der Waals surface area contributed by atoms with Gasteiger partial charge in [0.15, 0.2) is 0 Å². The highest BCUT2D eigenvalue weighted by Gasteiger charge is 1.98. The number of hydrogen-bond donors (Lipinski definition) is 1. The van der Waals surface area contributed by atoms with E-state index in [0.717, 1.165) is 30.7 Å². The molecule has 21 heavy (non-hydrogen) atoms. The molecule has 0 saturated carbocycles. The molecule has 1 aromatic heterocycles. The van der Waals surface area contributed by atoms with E-state index in [1.807, 2.05) is 6.92 Å². The Kier molecular flexibility index (Phi) is 4.27. The number of nitrogens with one attached hydrogen (secondary N) is 1. The van der Waals surface area contributed by atoms with Crippen LogP contribution in [0.3, 0.4) is 0 Å². The molecule has 0 saturated heterocycles. The number of benzene rings is 2. The molecule has 2 heteroatoms. The van der Waals surface area contributed by atoms with Crippen LogP contribution < -0.4 is 5.32 Å². The number of rotatable bonds is 5. The van der Waals surface area contributed by atoms with Gasteiger partial charge in [-0.2, -0.15) is 0 Å². The lowest BCUT2D eigenvalue weighted by Gasteiger charge is -2.07. The van der Waals surface area contributed by atoms with Crippen LogP contribution in [-0.2, 0) is 13.0 Å². The molecule has 0 bridgehead atoms. The van der Waals surface area contributed by atoms with E-state index in [1.54, 1.807) is 0 Å². The van der Waals surface area contributed by atoms with Crippen molar-refractivity contribution < 1.29 is 0 Å². The molecule has 0 aliphatic carbocycles. The van der Waals surface area contributed by atoms with E-state index in [-0.39, 0.29) is 0 Å². The molecule has 0 amide bonds. The van der Waals surface area contributed by atoms with Crippen LogP contribution in [0.1, 0.15) is 16.8 Å². The fraction of sp³-hybridized carbons (Fsp3) is 0.211. The Bertz CT molecular complexity index is 720. The summed E-state index contributed by atoms with van der Waals surface area (Å²) in [5.41, 5.74) is 4.82. The number of hydrogen-bond acceptors (Lipinski definition) is 2. The van der Waals surface area contributed by atoms with Crippen LogP contribution in [0, 0.1) is 6.92 Å². The summed E-state index contributed by atoms with van der Waals surface area (Å²) in [4.78, 5) is 4.53. The lowest BCUT2D eigenvalue weighted by molar-refractivity contribution is 0.687. The minimum atomic E-state index is 0.899. The van der Waals surface area contributed by atoms with E-state index in [4.69, 9.17) is 0 Å². The van der Waals surface area contributed by atoms with Gasteiger partial charge in [0.05, 0.1) is 5.52 Å². The van der Waals surface area contributed by atoms with Crippen molar-refractivity contribution in [1.29, 1.82) is 0 Å². The van der Waals surface area contributed by atoms with E-state index in [0.29, 0.717) is 0 Å². The first-order valence-electron chi connectivity index (χ1n) is 7.42. The lowest BCUT2D eigenvalue weighted by atomic mass is 10.1. The molecular formula is C19H20N2. The summed E-state index contributed by atoms with van der Waals surface area (Å²) in [6.07, 6.45) is 1.06. The normalized spacial score (nSPS) is 10.9. The topological polar surface area (TPSA) is 24.9 Å². The summed E-state index contributed by atoms with van der Waals surface area (Å²) < 4.78 is 0. The molecule has 106 valence electrons. The summed E-state index contributed by atoms with van der Waals surface area (Å²) in [5.74, 6) is 0. The van der Waals surface area contributed by atoms with Crippen molar-refractivity contribution in [1.82, 2.24) is 10.3 Å². The Balaban J connectivity index is 1.57. The van der Waals surface area contributed by atoms with E-state index in [9.17, 15) is 0 Å². The highest BCUT2D eigenvalue weighted by molar-refractivity contribution is 5.79. The maximum Gasteiger partial charge on any atom is 0.0705 e. The van der Waals surface area contributed by atoms with Crippen LogP contribution >= 0.6 is 0 Å². The fourth-order valence-electron chi connectivity index (χ4n) is 2.50. The van der Waals surface area contributed by atoms with Crippen molar-refractivity contribution in [2.24, 2.45) is 0 Å². The third-order valence-electron chi connectivity index (χ3n) is 3.66. The van der Waals surface area contributed by atoms with Crippen molar-refractivity contribution in [2.75, 3.05) is 6.54 Å². The summed E-state index contributed by atoms with van der Waals surface area (Å²) in [7, 11) is 0. The molecule has 0 spiro atoms.